The molecule has 4 heteroatoms. The van der Waals surface area contributed by atoms with Crippen LogP contribution in [0.15, 0.2) is 24.3 Å². The van der Waals surface area contributed by atoms with Gasteiger partial charge >= 0.3 is 0 Å². The number of hydrogen-bond donors (Lipinski definition) is 1. The van der Waals surface area contributed by atoms with E-state index in [4.69, 9.17) is 4.74 Å². The molecule has 108 valence electrons. The van der Waals surface area contributed by atoms with Crippen LogP contribution in [0, 0.1) is 11.8 Å². The molecular weight excluding hydrogens is 252 g/mol. The Morgan fingerprint density at radius 2 is 2.05 bits per heavy atom. The molecule has 1 saturated heterocycles. The van der Waals surface area contributed by atoms with Gasteiger partial charge in [-0.15, -0.1) is 0 Å². The van der Waals surface area contributed by atoms with Crippen molar-refractivity contribution in [3.05, 3.63) is 29.8 Å². The van der Waals surface area contributed by atoms with Crippen LogP contribution in [0.5, 0.6) is 5.75 Å². The molecule has 1 aromatic rings. The van der Waals surface area contributed by atoms with Gasteiger partial charge in [-0.2, -0.15) is 0 Å². The number of methoxy groups -OCH3 is 1. The molecule has 0 bridgehead atoms. The standard InChI is InChI=1S/C16H22N2O2/c1-10-8-12(10)9-18-15(17-11(2)16(18)19)13-6-4-5-7-14(13)20-3/h4-7,10-12,15,17H,8-9H2,1-3H3. The lowest BCUT2D eigenvalue weighted by atomic mass is 10.1. The zero-order valence-electron chi connectivity index (χ0n) is 12.3. The average Bonchev–Trinajstić information content (AvgIpc) is 3.09. The van der Waals surface area contributed by atoms with Crippen LogP contribution in [0.4, 0.5) is 0 Å². The molecule has 1 heterocycles. The van der Waals surface area contributed by atoms with Crippen molar-refractivity contribution in [2.24, 2.45) is 11.8 Å². The zero-order chi connectivity index (χ0) is 14.3. The van der Waals surface area contributed by atoms with Gasteiger partial charge in [0.1, 0.15) is 11.9 Å². The van der Waals surface area contributed by atoms with E-state index in [1.165, 1.54) is 6.42 Å². The number of amides is 1. The smallest absolute Gasteiger partial charge is 0.241 e. The molecule has 0 spiro atoms. The van der Waals surface area contributed by atoms with Crippen molar-refractivity contribution in [3.8, 4) is 5.75 Å². The van der Waals surface area contributed by atoms with Crippen LogP contribution in [0.1, 0.15) is 32.0 Å². The molecule has 1 aliphatic heterocycles. The van der Waals surface area contributed by atoms with E-state index in [0.29, 0.717) is 5.92 Å². The van der Waals surface area contributed by atoms with Gasteiger partial charge in [0.25, 0.3) is 0 Å². The van der Waals surface area contributed by atoms with Crippen LogP contribution >= 0.6 is 0 Å². The number of carbonyl (C=O) groups excluding carboxylic acids is 1. The second-order valence-corrected chi connectivity index (χ2v) is 6.00. The topological polar surface area (TPSA) is 41.6 Å². The Morgan fingerprint density at radius 1 is 1.35 bits per heavy atom. The van der Waals surface area contributed by atoms with E-state index in [1.807, 2.05) is 36.1 Å². The van der Waals surface area contributed by atoms with E-state index in [2.05, 4.69) is 12.2 Å². The molecule has 4 atom stereocenters. The molecule has 1 aliphatic carbocycles. The van der Waals surface area contributed by atoms with Crippen molar-refractivity contribution < 1.29 is 9.53 Å². The van der Waals surface area contributed by atoms with E-state index in [1.54, 1.807) is 7.11 Å². The fourth-order valence-corrected chi connectivity index (χ4v) is 3.03. The van der Waals surface area contributed by atoms with Crippen molar-refractivity contribution in [2.75, 3.05) is 13.7 Å². The highest BCUT2D eigenvalue weighted by molar-refractivity contribution is 5.84. The Kier molecular flexibility index (Phi) is 3.42. The fourth-order valence-electron chi connectivity index (χ4n) is 3.03. The number of para-hydroxylation sites is 1. The first kappa shape index (κ1) is 13.4. The Labute approximate surface area is 120 Å². The number of carbonyl (C=O) groups is 1. The summed E-state index contributed by atoms with van der Waals surface area (Å²) >= 11 is 0. The SMILES string of the molecule is COc1ccccc1C1NC(C)C(=O)N1CC1CC1C. The van der Waals surface area contributed by atoms with Crippen LogP contribution in [-0.4, -0.2) is 30.5 Å². The largest absolute Gasteiger partial charge is 0.496 e. The summed E-state index contributed by atoms with van der Waals surface area (Å²) in [5, 5.41) is 3.39. The second-order valence-electron chi connectivity index (χ2n) is 6.00. The molecule has 4 unspecified atom stereocenters. The number of nitrogens with one attached hydrogen (secondary N) is 1. The third-order valence-electron chi connectivity index (χ3n) is 4.51. The number of hydrogen-bond acceptors (Lipinski definition) is 3. The first-order valence-corrected chi connectivity index (χ1v) is 7.31. The summed E-state index contributed by atoms with van der Waals surface area (Å²) in [6.07, 6.45) is 1.16. The lowest BCUT2D eigenvalue weighted by Crippen LogP contribution is -2.33. The van der Waals surface area contributed by atoms with Gasteiger partial charge in [0, 0.05) is 12.1 Å². The first-order valence-electron chi connectivity index (χ1n) is 7.31. The Balaban J connectivity index is 1.87. The monoisotopic (exact) mass is 274 g/mol. The lowest BCUT2D eigenvalue weighted by Gasteiger charge is -2.26. The van der Waals surface area contributed by atoms with Gasteiger partial charge in [0.05, 0.1) is 13.2 Å². The van der Waals surface area contributed by atoms with E-state index >= 15 is 0 Å². The number of ether oxygens (including phenoxy) is 1. The molecule has 2 aliphatic rings. The number of nitrogens with zero attached hydrogens (tertiary/aromatic N) is 1. The van der Waals surface area contributed by atoms with Gasteiger partial charge in [0.2, 0.25) is 5.91 Å². The maximum absolute atomic E-state index is 12.4. The minimum Gasteiger partial charge on any atom is -0.496 e. The molecule has 1 saturated carbocycles. The second kappa shape index (κ2) is 5.09. The van der Waals surface area contributed by atoms with Gasteiger partial charge in [-0.3, -0.25) is 10.1 Å². The minimum atomic E-state index is -0.126. The maximum Gasteiger partial charge on any atom is 0.241 e. The number of rotatable bonds is 4. The summed E-state index contributed by atoms with van der Waals surface area (Å²) in [6.45, 7) is 5.03. The Morgan fingerprint density at radius 3 is 2.70 bits per heavy atom. The Bertz CT molecular complexity index is 517. The first-order chi connectivity index (χ1) is 9.61. The van der Waals surface area contributed by atoms with Gasteiger partial charge in [-0.05, 0) is 31.2 Å². The predicted octanol–water partition coefficient (Wildman–Crippen LogP) is 2.17. The van der Waals surface area contributed by atoms with E-state index < -0.39 is 0 Å². The summed E-state index contributed by atoms with van der Waals surface area (Å²) < 4.78 is 5.44. The van der Waals surface area contributed by atoms with Gasteiger partial charge in [0.15, 0.2) is 0 Å². The third-order valence-corrected chi connectivity index (χ3v) is 4.51. The average molecular weight is 274 g/mol. The van der Waals surface area contributed by atoms with Crippen LogP contribution < -0.4 is 10.1 Å². The van der Waals surface area contributed by atoms with Crippen molar-refractivity contribution in [3.63, 3.8) is 0 Å². The van der Waals surface area contributed by atoms with Crippen molar-refractivity contribution in [1.82, 2.24) is 10.2 Å². The van der Waals surface area contributed by atoms with Crippen molar-refractivity contribution >= 4 is 5.91 Å². The van der Waals surface area contributed by atoms with Gasteiger partial charge < -0.3 is 9.64 Å². The van der Waals surface area contributed by atoms with E-state index in [9.17, 15) is 4.79 Å². The van der Waals surface area contributed by atoms with Gasteiger partial charge in [-0.1, -0.05) is 25.1 Å². The van der Waals surface area contributed by atoms with Gasteiger partial charge in [-0.25, -0.2) is 0 Å². The van der Waals surface area contributed by atoms with E-state index in [-0.39, 0.29) is 18.1 Å². The summed E-state index contributed by atoms with van der Waals surface area (Å²) in [4.78, 5) is 14.4. The molecular formula is C16H22N2O2. The summed E-state index contributed by atoms with van der Waals surface area (Å²) in [5.41, 5.74) is 1.04. The van der Waals surface area contributed by atoms with E-state index in [0.717, 1.165) is 23.8 Å². The molecule has 2 fully saturated rings. The van der Waals surface area contributed by atoms with Crippen LogP contribution in [-0.2, 0) is 4.79 Å². The van der Waals surface area contributed by atoms with Crippen molar-refractivity contribution in [1.29, 1.82) is 0 Å². The summed E-state index contributed by atoms with van der Waals surface area (Å²) in [7, 11) is 1.67. The zero-order valence-corrected chi connectivity index (χ0v) is 12.3. The van der Waals surface area contributed by atoms with Crippen LogP contribution in [0.2, 0.25) is 0 Å². The molecule has 0 radical (unpaired) electrons. The third kappa shape index (κ3) is 2.29. The summed E-state index contributed by atoms with van der Waals surface area (Å²) in [6, 6.07) is 7.80. The van der Waals surface area contributed by atoms with Crippen LogP contribution in [0.3, 0.4) is 0 Å². The van der Waals surface area contributed by atoms with Crippen molar-refractivity contribution in [2.45, 2.75) is 32.5 Å². The highest BCUT2D eigenvalue weighted by Crippen LogP contribution is 2.41. The number of benzene rings is 1. The summed E-state index contributed by atoms with van der Waals surface area (Å²) in [5.74, 6) is 2.43. The fraction of sp³-hybridized carbons (Fsp3) is 0.562. The molecule has 1 amide bonds. The Hall–Kier alpha value is -1.55. The predicted molar refractivity (Wildman–Crippen MR) is 77.3 cm³/mol. The molecule has 20 heavy (non-hydrogen) atoms. The minimum absolute atomic E-state index is 0.0681. The molecule has 1 aromatic carbocycles. The quantitative estimate of drug-likeness (QED) is 0.915. The molecule has 1 N–H and O–H groups in total. The molecule has 4 nitrogen and oxygen atoms in total. The van der Waals surface area contributed by atoms with Crippen LogP contribution in [0.25, 0.3) is 0 Å². The highest BCUT2D eigenvalue weighted by Gasteiger charge is 2.43. The lowest BCUT2D eigenvalue weighted by molar-refractivity contribution is -0.130. The highest BCUT2D eigenvalue weighted by atomic mass is 16.5. The molecule has 0 aromatic heterocycles. The maximum atomic E-state index is 12.4. The normalized spacial score (nSPS) is 32.5. The molecule has 3 rings (SSSR count).